The van der Waals surface area contributed by atoms with Crippen molar-refractivity contribution < 1.29 is 13.9 Å². The highest BCUT2D eigenvalue weighted by Gasteiger charge is 2.14. The molecule has 2 aromatic rings. The van der Waals surface area contributed by atoms with Crippen LogP contribution in [0.3, 0.4) is 0 Å². The van der Waals surface area contributed by atoms with E-state index in [4.69, 9.17) is 0 Å². The molecule has 0 bridgehead atoms. The number of anilines is 4. The second-order valence-electron chi connectivity index (χ2n) is 6.46. The highest BCUT2D eigenvalue weighted by Crippen LogP contribution is 2.26. The monoisotopic (exact) mass is 378 g/mol. The third-order valence-electron chi connectivity index (χ3n) is 4.25. The average Bonchev–Trinajstić information content (AvgIpc) is 2.69. The number of hydrogen-bond acceptors (Lipinski definition) is 7. The van der Waals surface area contributed by atoms with Gasteiger partial charge in [-0.25, -0.2) is 18.7 Å². The van der Waals surface area contributed by atoms with Crippen LogP contribution in [0.15, 0.2) is 30.5 Å². The van der Waals surface area contributed by atoms with E-state index in [0.717, 1.165) is 38.1 Å². The van der Waals surface area contributed by atoms with Gasteiger partial charge in [0.2, 0.25) is 0 Å². The molecule has 3 heterocycles. The van der Waals surface area contributed by atoms with Crippen LogP contribution in [0.1, 0.15) is 18.9 Å². The van der Waals surface area contributed by atoms with Crippen molar-refractivity contribution in [1.29, 1.82) is 0 Å². The summed E-state index contributed by atoms with van der Waals surface area (Å²) in [6.07, 6.45) is -1.39. The molecule has 146 valence electrons. The largest absolute Gasteiger partial charge is 0.394 e. The van der Waals surface area contributed by atoms with Gasteiger partial charge in [-0.1, -0.05) is 0 Å². The molecule has 1 saturated heterocycles. The predicted octanol–water partition coefficient (Wildman–Crippen LogP) is 2.36. The Bertz CT molecular complexity index is 737. The van der Waals surface area contributed by atoms with Gasteiger partial charge < -0.3 is 26.0 Å². The zero-order valence-electron chi connectivity index (χ0n) is 15.1. The van der Waals surface area contributed by atoms with Gasteiger partial charge in [-0.3, -0.25) is 0 Å². The lowest BCUT2D eigenvalue weighted by atomic mass is 10.2. The molecule has 0 unspecified atom stereocenters. The van der Waals surface area contributed by atoms with Crippen molar-refractivity contribution >= 4 is 23.1 Å². The third-order valence-corrected chi connectivity index (χ3v) is 4.25. The summed E-state index contributed by atoms with van der Waals surface area (Å²) in [5.74, 6) is 1.61. The van der Waals surface area contributed by atoms with E-state index in [9.17, 15) is 13.9 Å². The molecule has 7 nitrogen and oxygen atoms in total. The lowest BCUT2D eigenvalue weighted by molar-refractivity contribution is 0.151. The SMILES string of the molecule is C[C@@H](CO)Nc1cc(N2CCNCC2)cc(Nc2ccc(C(F)F)cn2)n1. The fourth-order valence-electron chi connectivity index (χ4n) is 2.80. The minimum Gasteiger partial charge on any atom is -0.394 e. The minimum absolute atomic E-state index is 0.0149. The topological polar surface area (TPSA) is 85.3 Å². The maximum atomic E-state index is 12.7. The normalized spacial score (nSPS) is 15.7. The van der Waals surface area contributed by atoms with E-state index in [1.807, 2.05) is 19.1 Å². The second-order valence-corrected chi connectivity index (χ2v) is 6.46. The second kappa shape index (κ2) is 8.92. The first-order valence-corrected chi connectivity index (χ1v) is 8.91. The number of rotatable bonds is 7. The van der Waals surface area contributed by atoms with Crippen molar-refractivity contribution in [2.75, 3.05) is 48.3 Å². The Morgan fingerprint density at radius 2 is 1.93 bits per heavy atom. The van der Waals surface area contributed by atoms with Crippen LogP contribution in [0.25, 0.3) is 0 Å². The van der Waals surface area contributed by atoms with Crippen molar-refractivity contribution in [2.45, 2.75) is 19.4 Å². The molecule has 2 aromatic heterocycles. The number of alkyl halides is 2. The van der Waals surface area contributed by atoms with Crippen LogP contribution < -0.4 is 20.9 Å². The Kier molecular flexibility index (Phi) is 6.36. The molecule has 1 aliphatic rings. The van der Waals surface area contributed by atoms with E-state index in [1.54, 1.807) is 0 Å². The average molecular weight is 378 g/mol. The molecule has 0 amide bonds. The van der Waals surface area contributed by atoms with Crippen LogP contribution >= 0.6 is 0 Å². The van der Waals surface area contributed by atoms with Crippen LogP contribution in [-0.4, -0.2) is 53.9 Å². The molecule has 1 aliphatic heterocycles. The smallest absolute Gasteiger partial charge is 0.265 e. The first-order valence-electron chi connectivity index (χ1n) is 8.91. The fourth-order valence-corrected chi connectivity index (χ4v) is 2.80. The first kappa shape index (κ1) is 19.2. The molecule has 27 heavy (non-hydrogen) atoms. The molecular formula is C18H24F2N6O. The first-order chi connectivity index (χ1) is 13.0. The lowest BCUT2D eigenvalue weighted by Crippen LogP contribution is -2.43. The Hall–Kier alpha value is -2.52. The summed E-state index contributed by atoms with van der Waals surface area (Å²) in [4.78, 5) is 10.8. The fraction of sp³-hybridized carbons (Fsp3) is 0.444. The highest BCUT2D eigenvalue weighted by molar-refractivity contribution is 5.65. The van der Waals surface area contributed by atoms with Gasteiger partial charge in [-0.2, -0.15) is 0 Å². The van der Waals surface area contributed by atoms with Gasteiger partial charge in [-0.15, -0.1) is 0 Å². The lowest BCUT2D eigenvalue weighted by Gasteiger charge is -2.30. The quantitative estimate of drug-likeness (QED) is 0.589. The number of piperazine rings is 1. The maximum Gasteiger partial charge on any atom is 0.265 e. The third kappa shape index (κ3) is 5.24. The Labute approximate surface area is 156 Å². The molecule has 0 saturated carbocycles. The van der Waals surface area contributed by atoms with E-state index in [2.05, 4.69) is 30.8 Å². The molecular weight excluding hydrogens is 354 g/mol. The van der Waals surface area contributed by atoms with Crippen LogP contribution in [0.4, 0.5) is 31.9 Å². The van der Waals surface area contributed by atoms with E-state index < -0.39 is 6.43 Å². The number of aromatic nitrogens is 2. The van der Waals surface area contributed by atoms with Crippen LogP contribution in [0, 0.1) is 0 Å². The molecule has 4 N–H and O–H groups in total. The van der Waals surface area contributed by atoms with Crippen molar-refractivity contribution in [2.24, 2.45) is 0 Å². The van der Waals surface area contributed by atoms with Crippen molar-refractivity contribution in [3.05, 3.63) is 36.0 Å². The summed E-state index contributed by atoms with van der Waals surface area (Å²) in [5, 5.41) is 18.8. The van der Waals surface area contributed by atoms with Crippen LogP contribution in [-0.2, 0) is 0 Å². The van der Waals surface area contributed by atoms with E-state index in [1.165, 1.54) is 12.1 Å². The maximum absolute atomic E-state index is 12.7. The predicted molar refractivity (Wildman–Crippen MR) is 102 cm³/mol. The van der Waals surface area contributed by atoms with Crippen molar-refractivity contribution in [3.63, 3.8) is 0 Å². The van der Waals surface area contributed by atoms with Gasteiger partial charge in [0.15, 0.2) is 0 Å². The summed E-state index contributed by atoms with van der Waals surface area (Å²) in [7, 11) is 0. The van der Waals surface area contributed by atoms with Gasteiger partial charge in [0.05, 0.1) is 6.61 Å². The number of aliphatic hydroxyl groups is 1. The number of hydrogen-bond donors (Lipinski definition) is 4. The number of aliphatic hydroxyl groups excluding tert-OH is 1. The number of pyridine rings is 2. The molecule has 0 aromatic carbocycles. The van der Waals surface area contributed by atoms with Crippen molar-refractivity contribution in [3.8, 4) is 0 Å². The van der Waals surface area contributed by atoms with E-state index >= 15 is 0 Å². The zero-order valence-corrected chi connectivity index (χ0v) is 15.1. The van der Waals surface area contributed by atoms with Gasteiger partial charge in [0, 0.05) is 61.8 Å². The number of nitrogens with zero attached hydrogens (tertiary/aromatic N) is 3. The summed E-state index contributed by atoms with van der Waals surface area (Å²) in [6.45, 7) is 5.39. The minimum atomic E-state index is -2.54. The van der Waals surface area contributed by atoms with Crippen LogP contribution in [0.2, 0.25) is 0 Å². The van der Waals surface area contributed by atoms with E-state index in [0.29, 0.717) is 17.5 Å². The molecule has 3 rings (SSSR count). The van der Waals surface area contributed by atoms with Crippen molar-refractivity contribution in [1.82, 2.24) is 15.3 Å². The molecule has 0 spiro atoms. The van der Waals surface area contributed by atoms with E-state index in [-0.39, 0.29) is 18.2 Å². The van der Waals surface area contributed by atoms with Gasteiger partial charge >= 0.3 is 0 Å². The van der Waals surface area contributed by atoms with Gasteiger partial charge in [0.1, 0.15) is 17.5 Å². The standard InChI is InChI=1S/C18H24F2N6O/c1-12(11-27)23-16-8-14(26-6-4-21-5-7-26)9-17(25-16)24-15-3-2-13(10-22-15)18(19)20/h2-3,8-10,12,18,21,27H,4-7,11H2,1H3,(H2,22,23,24,25)/t12-/m0/s1. The summed E-state index contributed by atoms with van der Waals surface area (Å²) >= 11 is 0. The Morgan fingerprint density at radius 1 is 1.19 bits per heavy atom. The molecule has 1 atom stereocenters. The summed E-state index contributed by atoms with van der Waals surface area (Å²) < 4.78 is 25.4. The highest BCUT2D eigenvalue weighted by atomic mass is 19.3. The Morgan fingerprint density at radius 3 is 2.56 bits per heavy atom. The number of nitrogens with one attached hydrogen (secondary N) is 3. The molecule has 1 fully saturated rings. The number of halogens is 2. The molecule has 0 radical (unpaired) electrons. The Balaban J connectivity index is 1.84. The zero-order chi connectivity index (χ0) is 19.2. The van der Waals surface area contributed by atoms with Gasteiger partial charge in [-0.05, 0) is 19.1 Å². The van der Waals surface area contributed by atoms with Gasteiger partial charge in [0.25, 0.3) is 6.43 Å². The summed E-state index contributed by atoms with van der Waals surface area (Å²) in [6, 6.07) is 6.54. The molecule has 9 heteroatoms. The van der Waals surface area contributed by atoms with Crippen LogP contribution in [0.5, 0.6) is 0 Å². The molecule has 0 aliphatic carbocycles. The summed E-state index contributed by atoms with van der Waals surface area (Å²) in [5.41, 5.74) is 0.869.